The molecule has 4 heteroatoms. The number of hydrogen-bond donors (Lipinski definition) is 0. The van der Waals surface area contributed by atoms with Gasteiger partial charge in [0.15, 0.2) is 0 Å². The van der Waals surface area contributed by atoms with Gasteiger partial charge in [0, 0.05) is 5.57 Å². The molecule has 18 heavy (non-hydrogen) atoms. The lowest BCUT2D eigenvalue weighted by Crippen LogP contribution is -2.29. The first kappa shape index (κ1) is 12.5. The van der Waals surface area contributed by atoms with Crippen molar-refractivity contribution in [2.24, 2.45) is 5.92 Å². The molecule has 1 saturated heterocycles. The van der Waals surface area contributed by atoms with Crippen molar-refractivity contribution in [1.82, 2.24) is 0 Å². The minimum atomic E-state index is -0.565. The predicted octanol–water partition coefficient (Wildman–Crippen LogP) is 2.67. The molecule has 3 nitrogen and oxygen atoms in total. The van der Waals surface area contributed by atoms with Crippen LogP contribution in [-0.4, -0.2) is 11.8 Å². The van der Waals surface area contributed by atoms with Gasteiger partial charge in [0.1, 0.15) is 5.82 Å². The molecule has 2 rings (SSSR count). The lowest BCUT2D eigenvalue weighted by molar-refractivity contribution is -0.120. The Kier molecular flexibility index (Phi) is 3.28. The van der Waals surface area contributed by atoms with Crippen molar-refractivity contribution in [1.29, 1.82) is 0 Å². The number of benzene rings is 1. The molecule has 0 atom stereocenters. The van der Waals surface area contributed by atoms with Gasteiger partial charge in [-0.25, -0.2) is 9.29 Å². The zero-order chi connectivity index (χ0) is 13.3. The van der Waals surface area contributed by atoms with Crippen LogP contribution in [0.3, 0.4) is 0 Å². The first-order chi connectivity index (χ1) is 8.50. The number of para-hydroxylation sites is 1. The lowest BCUT2D eigenvalue weighted by Gasteiger charge is -2.14. The van der Waals surface area contributed by atoms with Crippen LogP contribution >= 0.6 is 0 Å². The predicted molar refractivity (Wildman–Crippen MR) is 66.4 cm³/mol. The number of anilines is 1. The highest BCUT2D eigenvalue weighted by Gasteiger charge is 2.36. The Bertz CT molecular complexity index is 534. The number of amides is 2. The molecule has 1 aliphatic heterocycles. The molecule has 1 aromatic rings. The molecule has 2 amide bonds. The Morgan fingerprint density at radius 2 is 1.94 bits per heavy atom. The van der Waals surface area contributed by atoms with Crippen LogP contribution in [0.4, 0.5) is 10.1 Å². The average molecular weight is 247 g/mol. The molecule has 94 valence electrons. The minimum absolute atomic E-state index is 0.0275. The fourth-order valence-electron chi connectivity index (χ4n) is 1.98. The quantitative estimate of drug-likeness (QED) is 0.595. The zero-order valence-electron chi connectivity index (χ0n) is 10.3. The number of allylic oxidation sites excluding steroid dienone is 1. The third-order valence-electron chi connectivity index (χ3n) is 2.70. The SMILES string of the molecule is CC(C)/C=C1/CC(=O)N(c2ccccc2F)C1=O. The standard InChI is InChI=1S/C14H14FNO2/c1-9(2)7-10-8-13(17)16(14(10)18)12-6-4-3-5-11(12)15/h3-7,9H,8H2,1-2H3/b10-7-. The van der Waals surface area contributed by atoms with Crippen molar-refractivity contribution in [2.75, 3.05) is 4.90 Å². The average Bonchev–Trinajstić information content (AvgIpc) is 2.55. The number of imide groups is 1. The van der Waals surface area contributed by atoms with Gasteiger partial charge in [-0.15, -0.1) is 0 Å². The van der Waals surface area contributed by atoms with Crippen molar-refractivity contribution in [3.63, 3.8) is 0 Å². The summed E-state index contributed by atoms with van der Waals surface area (Å²) in [5, 5.41) is 0. The summed E-state index contributed by atoms with van der Waals surface area (Å²) in [5.74, 6) is -1.18. The van der Waals surface area contributed by atoms with Gasteiger partial charge >= 0.3 is 0 Å². The van der Waals surface area contributed by atoms with Crippen LogP contribution in [0.5, 0.6) is 0 Å². The van der Waals surface area contributed by atoms with E-state index in [-0.39, 0.29) is 23.9 Å². The molecular formula is C14H14FNO2. The van der Waals surface area contributed by atoms with Gasteiger partial charge in [-0.05, 0) is 18.1 Å². The number of halogens is 1. The second-order valence-corrected chi connectivity index (χ2v) is 4.60. The van der Waals surface area contributed by atoms with Crippen LogP contribution in [-0.2, 0) is 9.59 Å². The summed E-state index contributed by atoms with van der Waals surface area (Å²) in [4.78, 5) is 24.8. The fraction of sp³-hybridized carbons (Fsp3) is 0.286. The molecule has 0 aliphatic carbocycles. The molecular weight excluding hydrogens is 233 g/mol. The van der Waals surface area contributed by atoms with Gasteiger partial charge in [-0.3, -0.25) is 9.59 Å². The molecule has 1 aromatic carbocycles. The molecule has 0 spiro atoms. The smallest absolute Gasteiger partial charge is 0.261 e. The van der Waals surface area contributed by atoms with E-state index in [1.54, 1.807) is 12.1 Å². The topological polar surface area (TPSA) is 37.4 Å². The fourth-order valence-corrected chi connectivity index (χ4v) is 1.98. The van der Waals surface area contributed by atoms with Crippen LogP contribution in [0.2, 0.25) is 0 Å². The molecule has 1 fully saturated rings. The Balaban J connectivity index is 2.39. The Hall–Kier alpha value is -1.97. The highest BCUT2D eigenvalue weighted by molar-refractivity contribution is 6.28. The Morgan fingerprint density at radius 3 is 2.56 bits per heavy atom. The van der Waals surface area contributed by atoms with Crippen molar-refractivity contribution >= 4 is 17.5 Å². The highest BCUT2D eigenvalue weighted by Crippen LogP contribution is 2.28. The molecule has 1 heterocycles. The molecule has 0 radical (unpaired) electrons. The Labute approximate surface area is 105 Å². The summed E-state index contributed by atoms with van der Waals surface area (Å²) in [6.45, 7) is 3.85. The third kappa shape index (κ3) is 2.18. The molecule has 0 saturated carbocycles. The summed E-state index contributed by atoms with van der Waals surface area (Å²) in [5.41, 5.74) is 0.470. The lowest BCUT2D eigenvalue weighted by atomic mass is 10.1. The minimum Gasteiger partial charge on any atom is -0.274 e. The van der Waals surface area contributed by atoms with Gasteiger partial charge in [-0.2, -0.15) is 0 Å². The largest absolute Gasteiger partial charge is 0.274 e. The van der Waals surface area contributed by atoms with E-state index < -0.39 is 11.7 Å². The van der Waals surface area contributed by atoms with E-state index in [1.807, 2.05) is 13.8 Å². The van der Waals surface area contributed by atoms with Crippen LogP contribution in [0, 0.1) is 11.7 Å². The molecule has 0 aromatic heterocycles. The van der Waals surface area contributed by atoms with E-state index in [9.17, 15) is 14.0 Å². The summed E-state index contributed by atoms with van der Waals surface area (Å²) in [6.07, 6.45) is 1.80. The monoisotopic (exact) mass is 247 g/mol. The normalized spacial score (nSPS) is 18.2. The summed E-state index contributed by atoms with van der Waals surface area (Å²) in [6, 6.07) is 5.79. The number of nitrogens with zero attached hydrogens (tertiary/aromatic N) is 1. The maximum absolute atomic E-state index is 13.6. The second kappa shape index (κ2) is 4.72. The van der Waals surface area contributed by atoms with Crippen LogP contribution in [0.1, 0.15) is 20.3 Å². The van der Waals surface area contributed by atoms with Gasteiger partial charge in [-0.1, -0.05) is 32.1 Å². The van der Waals surface area contributed by atoms with Crippen molar-refractivity contribution in [2.45, 2.75) is 20.3 Å². The maximum Gasteiger partial charge on any atom is 0.261 e. The summed E-state index contributed by atoms with van der Waals surface area (Å²) in [7, 11) is 0. The number of carbonyl (C=O) groups excluding carboxylic acids is 2. The first-order valence-corrected chi connectivity index (χ1v) is 5.83. The van der Waals surface area contributed by atoms with Crippen molar-refractivity contribution in [3.8, 4) is 0 Å². The molecule has 0 N–H and O–H groups in total. The Morgan fingerprint density at radius 1 is 1.28 bits per heavy atom. The van der Waals surface area contributed by atoms with Crippen LogP contribution in [0.25, 0.3) is 0 Å². The molecule has 1 aliphatic rings. The van der Waals surface area contributed by atoms with E-state index in [0.29, 0.717) is 5.57 Å². The first-order valence-electron chi connectivity index (χ1n) is 5.83. The van der Waals surface area contributed by atoms with Gasteiger partial charge < -0.3 is 0 Å². The van der Waals surface area contributed by atoms with Crippen molar-refractivity contribution < 1.29 is 14.0 Å². The van der Waals surface area contributed by atoms with Crippen LogP contribution in [0.15, 0.2) is 35.9 Å². The highest BCUT2D eigenvalue weighted by atomic mass is 19.1. The zero-order valence-corrected chi connectivity index (χ0v) is 10.3. The molecule has 0 unspecified atom stereocenters. The second-order valence-electron chi connectivity index (χ2n) is 4.60. The van der Waals surface area contributed by atoms with Gasteiger partial charge in [0.25, 0.3) is 5.91 Å². The summed E-state index contributed by atoms with van der Waals surface area (Å²) < 4.78 is 13.6. The number of hydrogen-bond acceptors (Lipinski definition) is 2. The number of rotatable bonds is 2. The molecule has 0 bridgehead atoms. The van der Waals surface area contributed by atoms with Crippen LogP contribution < -0.4 is 4.90 Å². The van der Waals surface area contributed by atoms with Gasteiger partial charge in [0.05, 0.1) is 12.1 Å². The van der Waals surface area contributed by atoms with E-state index in [1.165, 1.54) is 18.2 Å². The van der Waals surface area contributed by atoms with E-state index in [0.717, 1.165) is 4.90 Å². The third-order valence-corrected chi connectivity index (χ3v) is 2.70. The van der Waals surface area contributed by atoms with E-state index in [4.69, 9.17) is 0 Å². The van der Waals surface area contributed by atoms with E-state index >= 15 is 0 Å². The van der Waals surface area contributed by atoms with E-state index in [2.05, 4.69) is 0 Å². The van der Waals surface area contributed by atoms with Crippen molar-refractivity contribution in [3.05, 3.63) is 41.7 Å². The number of carbonyl (C=O) groups is 2. The van der Waals surface area contributed by atoms with Gasteiger partial charge in [0.2, 0.25) is 5.91 Å². The summed E-state index contributed by atoms with van der Waals surface area (Å²) >= 11 is 0. The maximum atomic E-state index is 13.6.